The van der Waals surface area contributed by atoms with Crippen molar-refractivity contribution < 1.29 is 17.6 Å². The van der Waals surface area contributed by atoms with Crippen molar-refractivity contribution in [1.29, 1.82) is 0 Å². The molecule has 7 nitrogen and oxygen atoms in total. The molecule has 2 fully saturated rings. The zero-order chi connectivity index (χ0) is 23.0. The molecule has 0 aliphatic carbocycles. The van der Waals surface area contributed by atoms with Crippen molar-refractivity contribution in [2.75, 3.05) is 37.6 Å². The summed E-state index contributed by atoms with van der Waals surface area (Å²) in [4.78, 5) is 17.3. The van der Waals surface area contributed by atoms with Crippen LogP contribution in [0.15, 0.2) is 57.8 Å². The van der Waals surface area contributed by atoms with E-state index in [0.717, 1.165) is 38.0 Å². The quantitative estimate of drug-likeness (QED) is 0.743. The average Bonchev–Trinajstić information content (AvgIpc) is 3.41. The maximum Gasteiger partial charge on any atom is 0.285 e. The van der Waals surface area contributed by atoms with Gasteiger partial charge in [0.1, 0.15) is 10.7 Å². The number of piperidine rings is 1. The summed E-state index contributed by atoms with van der Waals surface area (Å²) in [7, 11) is -3.67. The van der Waals surface area contributed by atoms with Crippen LogP contribution in [0.3, 0.4) is 0 Å². The summed E-state index contributed by atoms with van der Waals surface area (Å²) in [6.45, 7) is 3.46. The van der Waals surface area contributed by atoms with Crippen molar-refractivity contribution in [3.05, 3.63) is 59.9 Å². The van der Waals surface area contributed by atoms with Gasteiger partial charge < -0.3 is 15.1 Å². The number of sulfonamides is 1. The number of amides is 1. The predicted molar refractivity (Wildman–Crippen MR) is 124 cm³/mol. The third-order valence-electron chi connectivity index (χ3n) is 6.75. The molecular formula is C24H27FN4O3S. The summed E-state index contributed by atoms with van der Waals surface area (Å²) in [6, 6.07) is 13.4. The van der Waals surface area contributed by atoms with Gasteiger partial charge in [0.05, 0.1) is 5.92 Å². The first-order chi connectivity index (χ1) is 15.9. The Bertz CT molecular complexity index is 1180. The van der Waals surface area contributed by atoms with Crippen LogP contribution in [0.4, 0.5) is 10.1 Å². The molecule has 0 radical (unpaired) electrons. The first-order valence-corrected chi connectivity index (χ1v) is 12.8. The van der Waals surface area contributed by atoms with Gasteiger partial charge in [-0.05, 0) is 61.6 Å². The molecule has 0 bridgehead atoms. The molecule has 0 saturated carbocycles. The summed E-state index contributed by atoms with van der Waals surface area (Å²) in [5, 5.41) is 3.11. The Morgan fingerprint density at radius 3 is 2.64 bits per heavy atom. The molecule has 9 heteroatoms. The zero-order valence-corrected chi connectivity index (χ0v) is 19.1. The topological polar surface area (TPSA) is 82.1 Å². The molecule has 33 heavy (non-hydrogen) atoms. The number of fused-ring (bicyclic) bond motifs is 1. The van der Waals surface area contributed by atoms with Crippen molar-refractivity contribution in [2.24, 2.45) is 16.2 Å². The van der Waals surface area contributed by atoms with E-state index in [-0.39, 0.29) is 22.5 Å². The summed E-state index contributed by atoms with van der Waals surface area (Å²) >= 11 is 0. The Hall–Kier alpha value is -2.94. The van der Waals surface area contributed by atoms with Crippen molar-refractivity contribution >= 4 is 27.5 Å². The van der Waals surface area contributed by atoms with Gasteiger partial charge in [-0.1, -0.05) is 12.1 Å². The minimum Gasteiger partial charge on any atom is -0.371 e. The lowest BCUT2D eigenvalue weighted by Crippen LogP contribution is -2.46. The molecule has 5 rings (SSSR count). The van der Waals surface area contributed by atoms with Crippen molar-refractivity contribution in [1.82, 2.24) is 10.2 Å². The maximum absolute atomic E-state index is 13.2. The molecule has 0 spiro atoms. The maximum atomic E-state index is 13.2. The van der Waals surface area contributed by atoms with Crippen LogP contribution in [0.1, 0.15) is 24.8 Å². The lowest BCUT2D eigenvalue weighted by molar-refractivity contribution is -0.126. The van der Waals surface area contributed by atoms with E-state index in [4.69, 9.17) is 0 Å². The number of likely N-dealkylation sites (tertiary alicyclic amines) is 1. The number of nitrogens with zero attached hydrogens (tertiary/aromatic N) is 3. The second-order valence-electron chi connectivity index (χ2n) is 8.99. The van der Waals surface area contributed by atoms with Crippen molar-refractivity contribution in [3.8, 4) is 0 Å². The Labute approximate surface area is 193 Å². The molecule has 0 aromatic heterocycles. The molecule has 174 valence electrons. The lowest BCUT2D eigenvalue weighted by Gasteiger charge is -2.33. The van der Waals surface area contributed by atoms with E-state index in [9.17, 15) is 17.6 Å². The van der Waals surface area contributed by atoms with E-state index in [1.165, 1.54) is 12.1 Å². The van der Waals surface area contributed by atoms with Gasteiger partial charge in [-0.25, -0.2) is 4.39 Å². The van der Waals surface area contributed by atoms with Gasteiger partial charge in [0.25, 0.3) is 10.0 Å². The molecular weight excluding hydrogens is 443 g/mol. The van der Waals surface area contributed by atoms with Crippen LogP contribution in [0.2, 0.25) is 0 Å². The predicted octanol–water partition coefficient (Wildman–Crippen LogP) is 2.63. The number of rotatable bonds is 4. The van der Waals surface area contributed by atoms with Gasteiger partial charge in [-0.3, -0.25) is 4.79 Å². The molecule has 2 aromatic rings. The molecule has 2 unspecified atom stereocenters. The number of benzene rings is 2. The third kappa shape index (κ3) is 4.46. The van der Waals surface area contributed by atoms with Gasteiger partial charge >= 0.3 is 0 Å². The Morgan fingerprint density at radius 1 is 1.03 bits per heavy atom. The van der Waals surface area contributed by atoms with Crippen LogP contribution in [-0.2, 0) is 14.8 Å². The summed E-state index contributed by atoms with van der Waals surface area (Å²) in [6.07, 6.45) is 2.55. The molecule has 1 N–H and O–H groups in total. The molecule has 3 aliphatic rings. The zero-order valence-electron chi connectivity index (χ0n) is 18.3. The number of hydrogen-bond acceptors (Lipinski definition) is 5. The van der Waals surface area contributed by atoms with Crippen LogP contribution in [0.25, 0.3) is 0 Å². The molecule has 2 aromatic carbocycles. The number of carbonyl (C=O) groups is 1. The molecule has 2 atom stereocenters. The third-order valence-corrected chi connectivity index (χ3v) is 8.07. The molecule has 3 aliphatic heterocycles. The van der Waals surface area contributed by atoms with Gasteiger partial charge in [0.2, 0.25) is 5.91 Å². The number of nitrogens with one attached hydrogen (secondary N) is 1. The van der Waals surface area contributed by atoms with E-state index in [2.05, 4.69) is 14.6 Å². The van der Waals surface area contributed by atoms with Gasteiger partial charge in [0.15, 0.2) is 5.84 Å². The van der Waals surface area contributed by atoms with Crippen LogP contribution < -0.4 is 10.2 Å². The van der Waals surface area contributed by atoms with Gasteiger partial charge in [0, 0.05) is 44.0 Å². The van der Waals surface area contributed by atoms with Gasteiger partial charge in [-0.15, -0.1) is 4.40 Å². The highest BCUT2D eigenvalue weighted by molar-refractivity contribution is 7.90. The number of halogens is 1. The SMILES string of the molecule is O=C(NCC1CCN(c2ccc(F)cc2)C1)C1CCCN(C2=NS(=O)(=O)c3ccccc32)C1. The van der Waals surface area contributed by atoms with Crippen LogP contribution in [0.5, 0.6) is 0 Å². The summed E-state index contributed by atoms with van der Waals surface area (Å²) < 4.78 is 42.0. The minimum absolute atomic E-state index is 0.00896. The van der Waals surface area contributed by atoms with E-state index < -0.39 is 10.0 Å². The monoisotopic (exact) mass is 470 g/mol. The Kier molecular flexibility index (Phi) is 5.82. The summed E-state index contributed by atoms with van der Waals surface area (Å²) in [5.74, 6) is 0.359. The van der Waals surface area contributed by atoms with E-state index in [1.54, 1.807) is 36.4 Å². The largest absolute Gasteiger partial charge is 0.371 e. The summed E-state index contributed by atoms with van der Waals surface area (Å²) in [5.41, 5.74) is 1.62. The smallest absolute Gasteiger partial charge is 0.285 e. The van der Waals surface area contributed by atoms with Crippen molar-refractivity contribution in [2.45, 2.75) is 24.2 Å². The Balaban J connectivity index is 1.17. The van der Waals surface area contributed by atoms with Crippen LogP contribution >= 0.6 is 0 Å². The van der Waals surface area contributed by atoms with E-state index >= 15 is 0 Å². The standard InChI is InChI=1S/C24H27FN4O3S/c25-19-7-9-20(10-8-19)28-13-11-17(15-28)14-26-24(30)18-4-3-12-29(16-18)23-21-5-1-2-6-22(21)33(31,32)27-23/h1-2,5-10,17-18H,3-4,11-16H2,(H,26,30). The molecule has 1 amide bonds. The van der Waals surface area contributed by atoms with E-state index in [1.807, 2.05) is 4.90 Å². The number of anilines is 1. The van der Waals surface area contributed by atoms with Crippen LogP contribution in [0, 0.1) is 17.7 Å². The highest BCUT2D eigenvalue weighted by Gasteiger charge is 2.35. The normalized spacial score (nSPS) is 23.8. The fourth-order valence-corrected chi connectivity index (χ4v) is 6.20. The van der Waals surface area contributed by atoms with Gasteiger partial charge in [-0.2, -0.15) is 8.42 Å². The number of amidine groups is 1. The highest BCUT2D eigenvalue weighted by Crippen LogP contribution is 2.30. The number of carbonyl (C=O) groups excluding carboxylic acids is 1. The number of hydrogen-bond donors (Lipinski definition) is 1. The lowest BCUT2D eigenvalue weighted by atomic mass is 9.96. The first-order valence-electron chi connectivity index (χ1n) is 11.4. The second-order valence-corrected chi connectivity index (χ2v) is 10.6. The molecule has 3 heterocycles. The fraction of sp³-hybridized carbons (Fsp3) is 0.417. The minimum atomic E-state index is -3.67. The average molecular weight is 471 g/mol. The second kappa shape index (κ2) is 8.78. The van der Waals surface area contributed by atoms with Crippen LogP contribution in [-0.4, -0.2) is 57.8 Å². The molecule has 2 saturated heterocycles. The first kappa shape index (κ1) is 21.9. The highest BCUT2D eigenvalue weighted by atomic mass is 32.2. The van der Waals surface area contributed by atoms with Crippen molar-refractivity contribution in [3.63, 3.8) is 0 Å². The van der Waals surface area contributed by atoms with E-state index in [0.29, 0.717) is 37.0 Å². The Morgan fingerprint density at radius 2 is 1.82 bits per heavy atom. The fourth-order valence-electron chi connectivity index (χ4n) is 4.98.